The van der Waals surface area contributed by atoms with Crippen molar-refractivity contribution in [1.29, 1.82) is 0 Å². The minimum atomic E-state index is -0.270. The zero-order valence-corrected chi connectivity index (χ0v) is 12.4. The second-order valence-corrected chi connectivity index (χ2v) is 5.36. The predicted molar refractivity (Wildman–Crippen MR) is 73.3 cm³/mol. The molecule has 5 nitrogen and oxygen atoms in total. The van der Waals surface area contributed by atoms with E-state index in [2.05, 4.69) is 11.8 Å². The second-order valence-electron chi connectivity index (χ2n) is 5.36. The lowest BCUT2D eigenvalue weighted by Gasteiger charge is -2.39. The van der Waals surface area contributed by atoms with Crippen LogP contribution in [0.1, 0.15) is 19.8 Å². The SMILES string of the molecule is COCCN(CC1(C=O)CCOCC1)C(C)COC. The lowest BCUT2D eigenvalue weighted by Crippen LogP contribution is -2.48. The van der Waals surface area contributed by atoms with E-state index in [1.165, 1.54) is 0 Å². The zero-order chi connectivity index (χ0) is 14.1. The molecule has 0 aromatic heterocycles. The van der Waals surface area contributed by atoms with E-state index in [-0.39, 0.29) is 11.5 Å². The fourth-order valence-corrected chi connectivity index (χ4v) is 2.51. The van der Waals surface area contributed by atoms with Crippen LogP contribution in [0, 0.1) is 5.41 Å². The van der Waals surface area contributed by atoms with E-state index in [1.54, 1.807) is 14.2 Å². The minimum Gasteiger partial charge on any atom is -0.383 e. The van der Waals surface area contributed by atoms with E-state index in [0.29, 0.717) is 26.4 Å². The molecule has 0 N–H and O–H groups in total. The molecule has 0 bridgehead atoms. The van der Waals surface area contributed by atoms with Crippen molar-refractivity contribution in [2.24, 2.45) is 5.41 Å². The Morgan fingerprint density at radius 3 is 2.53 bits per heavy atom. The molecule has 0 amide bonds. The van der Waals surface area contributed by atoms with Gasteiger partial charge in [0.15, 0.2) is 0 Å². The Kier molecular flexibility index (Phi) is 7.53. The average molecular weight is 273 g/mol. The van der Waals surface area contributed by atoms with Gasteiger partial charge in [0.1, 0.15) is 6.29 Å². The van der Waals surface area contributed by atoms with Crippen molar-refractivity contribution in [3.05, 3.63) is 0 Å². The van der Waals surface area contributed by atoms with Gasteiger partial charge in [-0.05, 0) is 19.8 Å². The first-order valence-corrected chi connectivity index (χ1v) is 6.93. The lowest BCUT2D eigenvalue weighted by atomic mass is 9.81. The molecule has 0 radical (unpaired) electrons. The molecule has 5 heteroatoms. The molecule has 0 aliphatic carbocycles. The zero-order valence-electron chi connectivity index (χ0n) is 12.4. The maximum atomic E-state index is 11.5. The number of hydrogen-bond donors (Lipinski definition) is 0. The third-order valence-electron chi connectivity index (χ3n) is 3.87. The number of rotatable bonds is 9. The molecule has 0 spiro atoms. The van der Waals surface area contributed by atoms with E-state index in [9.17, 15) is 4.79 Å². The van der Waals surface area contributed by atoms with Gasteiger partial charge < -0.3 is 19.0 Å². The standard InChI is InChI=1S/C14H27NO4/c1-13(10-18-3)15(6-9-17-2)11-14(12-16)4-7-19-8-5-14/h12-13H,4-11H2,1-3H3. The van der Waals surface area contributed by atoms with Crippen LogP contribution in [0.2, 0.25) is 0 Å². The highest BCUT2D eigenvalue weighted by Gasteiger charge is 2.35. The van der Waals surface area contributed by atoms with E-state index < -0.39 is 0 Å². The molecule has 112 valence electrons. The minimum absolute atomic E-state index is 0.270. The van der Waals surface area contributed by atoms with Crippen molar-refractivity contribution in [2.75, 3.05) is 53.7 Å². The predicted octanol–water partition coefficient (Wildman–Crippen LogP) is 0.965. The quantitative estimate of drug-likeness (QED) is 0.586. The Balaban J connectivity index is 2.64. The van der Waals surface area contributed by atoms with Crippen LogP contribution in [0.5, 0.6) is 0 Å². The van der Waals surface area contributed by atoms with Gasteiger partial charge in [0, 0.05) is 52.0 Å². The van der Waals surface area contributed by atoms with Gasteiger partial charge in [-0.2, -0.15) is 0 Å². The first kappa shape index (κ1) is 16.6. The molecule has 1 fully saturated rings. The van der Waals surface area contributed by atoms with Crippen LogP contribution in [0.4, 0.5) is 0 Å². The van der Waals surface area contributed by atoms with Crippen LogP contribution in [0.3, 0.4) is 0 Å². The van der Waals surface area contributed by atoms with E-state index >= 15 is 0 Å². The fourth-order valence-electron chi connectivity index (χ4n) is 2.51. The topological polar surface area (TPSA) is 48.0 Å². The summed E-state index contributed by atoms with van der Waals surface area (Å²) in [7, 11) is 3.40. The number of aldehydes is 1. The summed E-state index contributed by atoms with van der Waals surface area (Å²) in [6.07, 6.45) is 2.73. The van der Waals surface area contributed by atoms with Gasteiger partial charge in [-0.15, -0.1) is 0 Å². The van der Waals surface area contributed by atoms with Gasteiger partial charge in [-0.3, -0.25) is 4.90 Å². The fraction of sp³-hybridized carbons (Fsp3) is 0.929. The summed E-state index contributed by atoms with van der Waals surface area (Å²) < 4.78 is 15.8. The summed E-state index contributed by atoms with van der Waals surface area (Å²) in [5, 5.41) is 0. The monoisotopic (exact) mass is 273 g/mol. The van der Waals surface area contributed by atoms with E-state index in [4.69, 9.17) is 14.2 Å². The van der Waals surface area contributed by atoms with Crippen LogP contribution < -0.4 is 0 Å². The molecule has 0 aromatic rings. The van der Waals surface area contributed by atoms with Crippen molar-refractivity contribution in [2.45, 2.75) is 25.8 Å². The lowest BCUT2D eigenvalue weighted by molar-refractivity contribution is -0.124. The van der Waals surface area contributed by atoms with Crippen LogP contribution >= 0.6 is 0 Å². The number of carbonyl (C=O) groups excluding carboxylic acids is 1. The summed E-state index contributed by atoms with van der Waals surface area (Å²) in [5.41, 5.74) is -0.270. The molecule has 1 atom stereocenters. The largest absolute Gasteiger partial charge is 0.383 e. The highest BCUT2D eigenvalue weighted by molar-refractivity contribution is 5.60. The van der Waals surface area contributed by atoms with Crippen molar-refractivity contribution in [1.82, 2.24) is 4.90 Å². The van der Waals surface area contributed by atoms with Gasteiger partial charge >= 0.3 is 0 Å². The highest BCUT2D eigenvalue weighted by Crippen LogP contribution is 2.29. The van der Waals surface area contributed by atoms with Crippen LogP contribution in [-0.2, 0) is 19.0 Å². The number of carbonyl (C=O) groups is 1. The van der Waals surface area contributed by atoms with Gasteiger partial charge in [0.05, 0.1) is 13.2 Å². The highest BCUT2D eigenvalue weighted by atomic mass is 16.5. The molecule has 19 heavy (non-hydrogen) atoms. The molecule has 1 heterocycles. The molecular weight excluding hydrogens is 246 g/mol. The third-order valence-corrected chi connectivity index (χ3v) is 3.87. The average Bonchev–Trinajstić information content (AvgIpc) is 2.44. The van der Waals surface area contributed by atoms with Crippen LogP contribution in [0.25, 0.3) is 0 Å². The normalized spacial score (nSPS) is 20.4. The van der Waals surface area contributed by atoms with Crippen LogP contribution in [0.15, 0.2) is 0 Å². The van der Waals surface area contributed by atoms with E-state index in [1.807, 2.05) is 0 Å². The number of hydrogen-bond acceptors (Lipinski definition) is 5. The summed E-state index contributed by atoms with van der Waals surface area (Å²) in [4.78, 5) is 13.8. The van der Waals surface area contributed by atoms with Gasteiger partial charge in [0.25, 0.3) is 0 Å². The number of ether oxygens (including phenoxy) is 3. The first-order chi connectivity index (χ1) is 9.17. The van der Waals surface area contributed by atoms with Crippen LogP contribution in [-0.4, -0.2) is 71.0 Å². The molecule has 0 saturated carbocycles. The number of methoxy groups -OCH3 is 2. The molecule has 1 saturated heterocycles. The molecule has 1 aliphatic rings. The summed E-state index contributed by atoms with van der Waals surface area (Å²) in [6, 6.07) is 0.278. The van der Waals surface area contributed by atoms with E-state index in [0.717, 1.165) is 32.2 Å². The molecular formula is C14H27NO4. The summed E-state index contributed by atoms with van der Waals surface area (Å²) in [6.45, 7) is 6.38. The Bertz CT molecular complexity index is 254. The second kappa shape index (κ2) is 8.64. The molecule has 1 unspecified atom stereocenters. The van der Waals surface area contributed by atoms with Gasteiger partial charge in [0.2, 0.25) is 0 Å². The van der Waals surface area contributed by atoms with Crippen molar-refractivity contribution < 1.29 is 19.0 Å². The Hall–Kier alpha value is -0.490. The maximum Gasteiger partial charge on any atom is 0.127 e. The van der Waals surface area contributed by atoms with Gasteiger partial charge in [-0.25, -0.2) is 0 Å². The van der Waals surface area contributed by atoms with Crippen molar-refractivity contribution in [3.8, 4) is 0 Å². The third kappa shape index (κ3) is 5.18. The summed E-state index contributed by atoms with van der Waals surface area (Å²) >= 11 is 0. The van der Waals surface area contributed by atoms with Crippen molar-refractivity contribution >= 4 is 6.29 Å². The Morgan fingerprint density at radius 1 is 1.32 bits per heavy atom. The van der Waals surface area contributed by atoms with Crippen molar-refractivity contribution in [3.63, 3.8) is 0 Å². The first-order valence-electron chi connectivity index (χ1n) is 6.93. The number of nitrogens with zero attached hydrogens (tertiary/aromatic N) is 1. The molecule has 1 aliphatic heterocycles. The molecule has 1 rings (SSSR count). The van der Waals surface area contributed by atoms with Gasteiger partial charge in [-0.1, -0.05) is 0 Å². The molecule has 0 aromatic carbocycles. The maximum absolute atomic E-state index is 11.5. The Morgan fingerprint density at radius 2 is 2.00 bits per heavy atom. The smallest absolute Gasteiger partial charge is 0.127 e. The Labute approximate surface area is 116 Å². The summed E-state index contributed by atoms with van der Waals surface area (Å²) in [5.74, 6) is 0.